The highest BCUT2D eigenvalue weighted by Crippen LogP contribution is 2.20. The standard InChI is InChI=1S/C11H22N2O2/c1-11(2)8-15-4-3-13(11)7-9-5-10(14)6-12-9/h9-10,12,14H,3-8H2,1-2H3. The van der Waals surface area contributed by atoms with Crippen molar-refractivity contribution in [2.24, 2.45) is 0 Å². The Morgan fingerprint density at radius 1 is 1.53 bits per heavy atom. The summed E-state index contributed by atoms with van der Waals surface area (Å²) in [6, 6.07) is 0.442. The van der Waals surface area contributed by atoms with Crippen LogP contribution in [0.5, 0.6) is 0 Å². The highest BCUT2D eigenvalue weighted by molar-refractivity contribution is 4.90. The third-order valence-corrected chi connectivity index (χ3v) is 3.46. The largest absolute Gasteiger partial charge is 0.392 e. The van der Waals surface area contributed by atoms with Crippen molar-refractivity contribution in [2.45, 2.75) is 38.0 Å². The lowest BCUT2D eigenvalue weighted by molar-refractivity contribution is -0.0540. The van der Waals surface area contributed by atoms with Crippen LogP contribution in [0.3, 0.4) is 0 Å². The predicted octanol–water partition coefficient (Wildman–Crippen LogP) is -0.180. The third-order valence-electron chi connectivity index (χ3n) is 3.46. The number of hydrogen-bond acceptors (Lipinski definition) is 4. The van der Waals surface area contributed by atoms with E-state index in [0.717, 1.165) is 39.3 Å². The van der Waals surface area contributed by atoms with Crippen molar-refractivity contribution in [3.05, 3.63) is 0 Å². The fourth-order valence-corrected chi connectivity index (χ4v) is 2.43. The lowest BCUT2D eigenvalue weighted by Crippen LogP contribution is -2.56. The Labute approximate surface area is 91.6 Å². The number of nitrogens with zero attached hydrogens (tertiary/aromatic N) is 1. The van der Waals surface area contributed by atoms with Gasteiger partial charge < -0.3 is 15.2 Å². The molecule has 0 amide bonds. The number of nitrogens with one attached hydrogen (secondary N) is 1. The van der Waals surface area contributed by atoms with Gasteiger partial charge in [0.25, 0.3) is 0 Å². The van der Waals surface area contributed by atoms with Gasteiger partial charge in [-0.1, -0.05) is 0 Å². The molecule has 2 heterocycles. The molecule has 2 aliphatic heterocycles. The maximum atomic E-state index is 9.45. The van der Waals surface area contributed by atoms with Crippen molar-refractivity contribution in [2.75, 3.05) is 32.8 Å². The van der Waals surface area contributed by atoms with E-state index in [9.17, 15) is 5.11 Å². The first kappa shape index (κ1) is 11.3. The van der Waals surface area contributed by atoms with Crippen molar-refractivity contribution in [3.8, 4) is 0 Å². The molecule has 88 valence electrons. The van der Waals surface area contributed by atoms with Crippen LogP contribution in [0.15, 0.2) is 0 Å². The van der Waals surface area contributed by atoms with E-state index in [1.807, 2.05) is 0 Å². The predicted molar refractivity (Wildman–Crippen MR) is 58.9 cm³/mol. The number of morpholine rings is 1. The smallest absolute Gasteiger partial charge is 0.0680 e. The average molecular weight is 214 g/mol. The monoisotopic (exact) mass is 214 g/mol. The minimum atomic E-state index is -0.154. The molecular weight excluding hydrogens is 192 g/mol. The molecule has 0 radical (unpaired) electrons. The van der Waals surface area contributed by atoms with Gasteiger partial charge in [0.2, 0.25) is 0 Å². The second-order valence-corrected chi connectivity index (χ2v) is 5.31. The molecule has 2 fully saturated rings. The topological polar surface area (TPSA) is 44.7 Å². The molecule has 4 heteroatoms. The summed E-state index contributed by atoms with van der Waals surface area (Å²) in [7, 11) is 0. The Kier molecular flexibility index (Phi) is 3.30. The summed E-state index contributed by atoms with van der Waals surface area (Å²) < 4.78 is 5.49. The molecule has 0 saturated carbocycles. The van der Waals surface area contributed by atoms with Crippen molar-refractivity contribution >= 4 is 0 Å². The molecule has 0 aromatic carbocycles. The summed E-state index contributed by atoms with van der Waals surface area (Å²) in [5.74, 6) is 0. The van der Waals surface area contributed by atoms with Crippen LogP contribution < -0.4 is 5.32 Å². The zero-order valence-electron chi connectivity index (χ0n) is 9.70. The fourth-order valence-electron chi connectivity index (χ4n) is 2.43. The maximum Gasteiger partial charge on any atom is 0.0680 e. The quantitative estimate of drug-likeness (QED) is 0.669. The molecule has 2 N–H and O–H groups in total. The Morgan fingerprint density at radius 2 is 2.33 bits per heavy atom. The first-order valence-electron chi connectivity index (χ1n) is 5.82. The normalized spacial score (nSPS) is 37.0. The Hall–Kier alpha value is -0.160. The fraction of sp³-hybridized carbons (Fsp3) is 1.00. The van der Waals surface area contributed by atoms with E-state index < -0.39 is 0 Å². The highest BCUT2D eigenvalue weighted by atomic mass is 16.5. The Bertz CT molecular complexity index is 221. The number of aliphatic hydroxyl groups excluding tert-OH is 1. The first-order valence-corrected chi connectivity index (χ1v) is 5.82. The molecule has 0 aromatic rings. The van der Waals surface area contributed by atoms with E-state index in [1.165, 1.54) is 0 Å². The molecule has 15 heavy (non-hydrogen) atoms. The summed E-state index contributed by atoms with van der Waals surface area (Å²) in [4.78, 5) is 2.46. The lowest BCUT2D eigenvalue weighted by Gasteiger charge is -2.43. The van der Waals surface area contributed by atoms with E-state index in [1.54, 1.807) is 0 Å². The summed E-state index contributed by atoms with van der Waals surface area (Å²) in [6.45, 7) is 8.85. The van der Waals surface area contributed by atoms with Crippen LogP contribution in [0.4, 0.5) is 0 Å². The Balaban J connectivity index is 1.87. The molecule has 0 aromatic heterocycles. The van der Waals surface area contributed by atoms with Crippen LogP contribution in [0.2, 0.25) is 0 Å². The zero-order chi connectivity index (χ0) is 10.9. The van der Waals surface area contributed by atoms with Gasteiger partial charge in [-0.25, -0.2) is 0 Å². The third kappa shape index (κ3) is 2.69. The first-order chi connectivity index (χ1) is 7.08. The molecular formula is C11H22N2O2. The van der Waals surface area contributed by atoms with Crippen molar-refractivity contribution in [1.29, 1.82) is 0 Å². The van der Waals surface area contributed by atoms with Gasteiger partial charge in [-0.05, 0) is 20.3 Å². The molecule has 4 nitrogen and oxygen atoms in total. The molecule has 2 saturated heterocycles. The molecule has 2 rings (SSSR count). The van der Waals surface area contributed by atoms with Crippen LogP contribution in [-0.2, 0) is 4.74 Å². The summed E-state index contributed by atoms with van der Waals surface area (Å²) in [5.41, 5.74) is 0.132. The minimum Gasteiger partial charge on any atom is -0.392 e. The molecule has 0 spiro atoms. The number of ether oxygens (including phenoxy) is 1. The molecule has 0 bridgehead atoms. The summed E-state index contributed by atoms with van der Waals surface area (Å²) in [6.07, 6.45) is 0.729. The van der Waals surface area contributed by atoms with Crippen LogP contribution in [0.25, 0.3) is 0 Å². The van der Waals surface area contributed by atoms with E-state index in [0.29, 0.717) is 6.04 Å². The second kappa shape index (κ2) is 4.37. The van der Waals surface area contributed by atoms with Crippen molar-refractivity contribution in [1.82, 2.24) is 10.2 Å². The van der Waals surface area contributed by atoms with E-state index >= 15 is 0 Å². The van der Waals surface area contributed by atoms with Crippen LogP contribution in [0, 0.1) is 0 Å². The highest BCUT2D eigenvalue weighted by Gasteiger charge is 2.33. The van der Waals surface area contributed by atoms with Gasteiger partial charge >= 0.3 is 0 Å². The molecule has 2 unspecified atom stereocenters. The maximum absolute atomic E-state index is 9.45. The number of rotatable bonds is 2. The van der Waals surface area contributed by atoms with Gasteiger partial charge in [0.05, 0.1) is 19.3 Å². The Morgan fingerprint density at radius 3 is 2.93 bits per heavy atom. The van der Waals surface area contributed by atoms with Crippen LogP contribution in [-0.4, -0.2) is 60.5 Å². The minimum absolute atomic E-state index is 0.132. The second-order valence-electron chi connectivity index (χ2n) is 5.31. The van der Waals surface area contributed by atoms with Crippen molar-refractivity contribution in [3.63, 3.8) is 0 Å². The van der Waals surface area contributed by atoms with Gasteiger partial charge in [-0.2, -0.15) is 0 Å². The lowest BCUT2D eigenvalue weighted by atomic mass is 10.0. The summed E-state index contributed by atoms with van der Waals surface area (Å²) >= 11 is 0. The molecule has 2 aliphatic rings. The van der Waals surface area contributed by atoms with Crippen molar-refractivity contribution < 1.29 is 9.84 Å². The van der Waals surface area contributed by atoms with Crippen LogP contribution >= 0.6 is 0 Å². The number of hydrogen-bond donors (Lipinski definition) is 2. The van der Waals surface area contributed by atoms with Gasteiger partial charge in [-0.3, -0.25) is 4.90 Å². The van der Waals surface area contributed by atoms with E-state index in [4.69, 9.17) is 4.74 Å². The SMILES string of the molecule is CC1(C)COCCN1CC1CC(O)CN1. The zero-order valence-corrected chi connectivity index (χ0v) is 9.70. The number of aliphatic hydroxyl groups is 1. The average Bonchev–Trinajstić information content (AvgIpc) is 2.55. The molecule has 2 atom stereocenters. The number of β-amino-alcohol motifs (C(OH)–C–C–N with tert-alkyl or cyclic N) is 1. The van der Waals surface area contributed by atoms with Gasteiger partial charge in [-0.15, -0.1) is 0 Å². The van der Waals surface area contributed by atoms with Gasteiger partial charge in [0.15, 0.2) is 0 Å². The van der Waals surface area contributed by atoms with Gasteiger partial charge in [0, 0.05) is 31.2 Å². The van der Waals surface area contributed by atoms with Crippen LogP contribution in [0.1, 0.15) is 20.3 Å². The van der Waals surface area contributed by atoms with Gasteiger partial charge in [0.1, 0.15) is 0 Å². The van der Waals surface area contributed by atoms with E-state index in [2.05, 4.69) is 24.1 Å². The van der Waals surface area contributed by atoms with E-state index in [-0.39, 0.29) is 11.6 Å². The molecule has 0 aliphatic carbocycles. The summed E-state index contributed by atoms with van der Waals surface area (Å²) in [5, 5.41) is 12.8.